The van der Waals surface area contributed by atoms with Crippen LogP contribution in [0.1, 0.15) is 0 Å². The lowest BCUT2D eigenvalue weighted by Gasteiger charge is -2.19. The van der Waals surface area contributed by atoms with E-state index in [9.17, 15) is 21.6 Å². The maximum atomic E-state index is 11.7. The van der Waals surface area contributed by atoms with Gasteiger partial charge in [0.2, 0.25) is 0 Å². The fourth-order valence-corrected chi connectivity index (χ4v) is 3.03. The predicted octanol–water partition coefficient (Wildman–Crippen LogP) is 1.54. The molecule has 3 nitrogen and oxygen atoms in total. The maximum absolute atomic E-state index is 11.7. The van der Waals surface area contributed by atoms with Gasteiger partial charge in [0.1, 0.15) is 0 Å². The first-order valence-electron chi connectivity index (χ1n) is 2.69. The molecule has 0 spiro atoms. The summed E-state index contributed by atoms with van der Waals surface area (Å²) in [5.41, 5.74) is -5.27. The summed E-state index contributed by atoms with van der Waals surface area (Å²) >= 11 is 0. The molecule has 0 saturated heterocycles. The van der Waals surface area contributed by atoms with Gasteiger partial charge in [-0.1, -0.05) is 0 Å². The van der Waals surface area contributed by atoms with Crippen molar-refractivity contribution in [1.82, 2.24) is 0 Å². The van der Waals surface area contributed by atoms with E-state index in [-0.39, 0.29) is 0 Å². The fourth-order valence-electron chi connectivity index (χ4n) is 0.337. The number of rotatable bonds is 2. The highest BCUT2D eigenvalue weighted by Gasteiger charge is 2.54. The summed E-state index contributed by atoms with van der Waals surface area (Å²) in [5, 5.41) is 0. The van der Waals surface area contributed by atoms with Crippen molar-refractivity contribution in [3.8, 4) is 0 Å². The summed E-state index contributed by atoms with van der Waals surface area (Å²) in [6.45, 7) is 0. The Labute approximate surface area is 70.5 Å². The molecule has 0 amide bonds. The molecule has 0 atom stereocenters. The van der Waals surface area contributed by atoms with Crippen molar-refractivity contribution in [2.75, 3.05) is 18.8 Å². The SMILES string of the molecule is CS(C)(C)[OH+]S(=O)(=O)C(F)(F)F. The Hall–Kier alpha value is 0.0500. The van der Waals surface area contributed by atoms with Crippen LogP contribution in [0.4, 0.5) is 13.2 Å². The summed E-state index contributed by atoms with van der Waals surface area (Å²) < 4.78 is 58.6. The second-order valence-corrected chi connectivity index (χ2v) is 8.32. The van der Waals surface area contributed by atoms with Crippen LogP contribution in [0.5, 0.6) is 0 Å². The zero-order chi connectivity index (χ0) is 10.2. The summed E-state index contributed by atoms with van der Waals surface area (Å²) in [7, 11) is -7.34. The lowest BCUT2D eigenvalue weighted by Crippen LogP contribution is -2.29. The van der Waals surface area contributed by atoms with Crippen molar-refractivity contribution < 1.29 is 25.2 Å². The minimum atomic E-state index is -5.29. The molecule has 0 heterocycles. The number of alkyl halides is 3. The molecule has 0 unspecified atom stereocenters. The molecule has 0 radical (unpaired) electrons. The quantitative estimate of drug-likeness (QED) is 0.408. The van der Waals surface area contributed by atoms with Crippen LogP contribution in [-0.4, -0.2) is 36.3 Å². The largest absolute Gasteiger partial charge is 0.572 e. The second kappa shape index (κ2) is 3.08. The van der Waals surface area contributed by atoms with Gasteiger partial charge in [-0.05, 0) is 10.3 Å². The first-order valence-corrected chi connectivity index (χ1v) is 6.95. The molecule has 8 heteroatoms. The van der Waals surface area contributed by atoms with Gasteiger partial charge < -0.3 is 0 Å². The van der Waals surface area contributed by atoms with E-state index in [1.54, 1.807) is 0 Å². The Morgan fingerprint density at radius 1 is 1.08 bits per heavy atom. The van der Waals surface area contributed by atoms with Crippen LogP contribution in [0.15, 0.2) is 0 Å². The zero-order valence-corrected chi connectivity index (χ0v) is 8.35. The topological polar surface area (TPSA) is 46.9 Å². The maximum Gasteiger partial charge on any atom is 0.572 e. The van der Waals surface area contributed by atoms with Crippen molar-refractivity contribution in [3.63, 3.8) is 0 Å². The van der Waals surface area contributed by atoms with E-state index >= 15 is 0 Å². The zero-order valence-electron chi connectivity index (χ0n) is 6.71. The van der Waals surface area contributed by atoms with Crippen molar-refractivity contribution in [2.24, 2.45) is 0 Å². The Balaban J connectivity index is 4.70. The number of hydrogen-bond acceptors (Lipinski definition) is 2. The van der Waals surface area contributed by atoms with Crippen molar-refractivity contribution in [2.45, 2.75) is 5.51 Å². The molecular formula is C4H10F3O3S2+. The molecule has 0 aromatic heterocycles. The van der Waals surface area contributed by atoms with E-state index in [1.807, 2.05) is 0 Å². The summed E-state index contributed by atoms with van der Waals surface area (Å²) in [4.78, 5) is 0. The van der Waals surface area contributed by atoms with E-state index in [4.69, 9.17) is 0 Å². The van der Waals surface area contributed by atoms with Crippen LogP contribution in [0.25, 0.3) is 0 Å². The van der Waals surface area contributed by atoms with E-state index in [0.717, 1.165) is 0 Å². The Morgan fingerprint density at radius 3 is 1.50 bits per heavy atom. The molecule has 76 valence electrons. The van der Waals surface area contributed by atoms with Gasteiger partial charge in [-0.2, -0.15) is 13.2 Å². The van der Waals surface area contributed by atoms with E-state index < -0.39 is 25.9 Å². The smallest absolute Gasteiger partial charge is 0.266 e. The van der Waals surface area contributed by atoms with Crippen molar-refractivity contribution >= 4 is 20.4 Å². The molecule has 0 fully saturated rings. The van der Waals surface area contributed by atoms with Gasteiger partial charge in [0.05, 0.1) is 0 Å². The molecule has 0 bridgehead atoms. The summed E-state index contributed by atoms with van der Waals surface area (Å²) in [5.74, 6) is 0. The predicted molar refractivity (Wildman–Crippen MR) is 43.0 cm³/mol. The van der Waals surface area contributed by atoms with Gasteiger partial charge in [0, 0.05) is 18.8 Å². The molecule has 0 aromatic rings. The third kappa shape index (κ3) is 3.63. The van der Waals surface area contributed by atoms with Gasteiger partial charge in [-0.15, -0.1) is 8.42 Å². The number of hydrogen-bond donors (Lipinski definition) is 0. The lowest BCUT2D eigenvalue weighted by molar-refractivity contribution is -0.0539. The second-order valence-electron chi connectivity index (χ2n) is 2.77. The van der Waals surface area contributed by atoms with Crippen molar-refractivity contribution in [3.05, 3.63) is 0 Å². The van der Waals surface area contributed by atoms with E-state index in [0.29, 0.717) is 0 Å². The van der Waals surface area contributed by atoms with Crippen LogP contribution in [0.3, 0.4) is 0 Å². The highest BCUT2D eigenvalue weighted by atomic mass is 32.3. The van der Waals surface area contributed by atoms with Gasteiger partial charge in [0.15, 0.2) is 0 Å². The molecule has 0 saturated carbocycles. The first-order chi connectivity index (χ1) is 4.96. The number of halogens is 3. The molecule has 0 aliphatic carbocycles. The third-order valence-corrected chi connectivity index (χ3v) is 3.77. The van der Waals surface area contributed by atoms with Crippen LogP contribution in [0.2, 0.25) is 0 Å². The molecule has 1 N–H and O–H groups in total. The summed E-state index contributed by atoms with van der Waals surface area (Å²) in [6, 6.07) is 0. The van der Waals surface area contributed by atoms with Gasteiger partial charge in [-0.3, -0.25) is 3.63 Å². The third-order valence-electron chi connectivity index (χ3n) is 0.614. The monoisotopic (exact) mass is 227 g/mol. The van der Waals surface area contributed by atoms with Crippen LogP contribution < -0.4 is 0 Å². The average molecular weight is 227 g/mol. The highest BCUT2D eigenvalue weighted by molar-refractivity contribution is 8.30. The van der Waals surface area contributed by atoms with Gasteiger partial charge in [-0.25, -0.2) is 0 Å². The summed E-state index contributed by atoms with van der Waals surface area (Å²) in [6.07, 6.45) is 4.07. The van der Waals surface area contributed by atoms with Crippen LogP contribution >= 0.6 is 10.3 Å². The molecule has 12 heavy (non-hydrogen) atoms. The molecule has 0 aliphatic heterocycles. The molecule has 0 rings (SSSR count). The Morgan fingerprint density at radius 2 is 1.42 bits per heavy atom. The van der Waals surface area contributed by atoms with Crippen LogP contribution in [0, 0.1) is 0 Å². The van der Waals surface area contributed by atoms with E-state index in [1.165, 1.54) is 18.8 Å². The van der Waals surface area contributed by atoms with Gasteiger partial charge >= 0.3 is 15.6 Å². The Bertz CT molecular complexity index is 248. The Kier molecular flexibility index (Phi) is 3.09. The lowest BCUT2D eigenvalue weighted by atomic mass is 11.6. The first kappa shape index (κ1) is 12.0. The minimum Gasteiger partial charge on any atom is -0.266 e. The van der Waals surface area contributed by atoms with Gasteiger partial charge in [0.25, 0.3) is 0 Å². The molecular weight excluding hydrogens is 217 g/mol. The minimum absolute atomic E-state index is 1.36. The van der Waals surface area contributed by atoms with E-state index in [2.05, 4.69) is 3.63 Å². The fraction of sp³-hybridized carbons (Fsp3) is 1.00. The van der Waals surface area contributed by atoms with Crippen LogP contribution in [-0.2, 0) is 10.1 Å². The highest BCUT2D eigenvalue weighted by Crippen LogP contribution is 2.39. The molecule has 0 aromatic carbocycles. The van der Waals surface area contributed by atoms with Crippen molar-refractivity contribution in [1.29, 1.82) is 0 Å². The average Bonchev–Trinajstić information content (AvgIpc) is 1.52. The normalized spacial score (nSPS) is 16.2. The standard InChI is InChI=1S/C4H9F3O3S2/c1-11(2,3)10-12(8,9)4(5,6)7/h1-3H3/p+1. The molecule has 0 aliphatic rings.